The molecule has 0 aliphatic carbocycles. The van der Waals surface area contributed by atoms with E-state index in [1.54, 1.807) is 0 Å². The molecule has 0 aromatic rings. The second kappa shape index (κ2) is 15.7. The van der Waals surface area contributed by atoms with Crippen molar-refractivity contribution in [3.05, 3.63) is 48.6 Å². The molecule has 0 aromatic heterocycles. The van der Waals surface area contributed by atoms with Crippen LogP contribution in [0.2, 0.25) is 0 Å². The van der Waals surface area contributed by atoms with Gasteiger partial charge in [0, 0.05) is 12.8 Å². The number of rotatable bonds is 14. The smallest absolute Gasteiger partial charge is 0.389 e. The maximum atomic E-state index is 11.9. The molecular formula is C20H29F3O2. The summed E-state index contributed by atoms with van der Waals surface area (Å²) in [6, 6.07) is 0. The summed E-state index contributed by atoms with van der Waals surface area (Å²) in [7, 11) is 0. The second-order valence-corrected chi connectivity index (χ2v) is 5.74. The zero-order chi connectivity index (χ0) is 18.8. The molecule has 0 aliphatic rings. The number of alkyl halides is 3. The molecule has 0 radical (unpaired) electrons. The van der Waals surface area contributed by atoms with Crippen molar-refractivity contribution in [1.29, 1.82) is 0 Å². The van der Waals surface area contributed by atoms with Crippen LogP contribution < -0.4 is 0 Å². The molecule has 5 heteroatoms. The van der Waals surface area contributed by atoms with Crippen molar-refractivity contribution in [1.82, 2.24) is 0 Å². The highest BCUT2D eigenvalue weighted by molar-refractivity contribution is 5.66. The lowest BCUT2D eigenvalue weighted by atomic mass is 10.1. The number of aliphatic carboxylic acids is 1. The monoisotopic (exact) mass is 358 g/mol. The summed E-state index contributed by atoms with van der Waals surface area (Å²) >= 11 is 0. The van der Waals surface area contributed by atoms with Gasteiger partial charge >= 0.3 is 12.1 Å². The molecule has 25 heavy (non-hydrogen) atoms. The Bertz CT molecular complexity index is 446. The van der Waals surface area contributed by atoms with E-state index in [0.717, 1.165) is 25.7 Å². The van der Waals surface area contributed by atoms with Gasteiger partial charge in [-0.25, -0.2) is 0 Å². The van der Waals surface area contributed by atoms with Gasteiger partial charge in [0.25, 0.3) is 0 Å². The van der Waals surface area contributed by atoms with E-state index in [9.17, 15) is 18.0 Å². The molecule has 0 heterocycles. The molecule has 0 spiro atoms. The molecule has 142 valence electrons. The Labute approximate surface area is 148 Å². The van der Waals surface area contributed by atoms with Gasteiger partial charge in [-0.05, 0) is 51.4 Å². The number of carbonyl (C=O) groups is 1. The highest BCUT2D eigenvalue weighted by Gasteiger charge is 2.25. The molecule has 0 rings (SSSR count). The quantitative estimate of drug-likeness (QED) is 0.275. The van der Waals surface area contributed by atoms with Gasteiger partial charge in [0.1, 0.15) is 0 Å². The summed E-state index contributed by atoms with van der Waals surface area (Å²) in [6.07, 6.45) is 17.1. The average molecular weight is 358 g/mol. The number of carboxylic acids is 1. The van der Waals surface area contributed by atoms with Gasteiger partial charge in [-0.3, -0.25) is 4.79 Å². The fourth-order valence-electron chi connectivity index (χ4n) is 2.01. The molecule has 0 unspecified atom stereocenters. The van der Waals surface area contributed by atoms with Gasteiger partial charge in [0.05, 0.1) is 0 Å². The Hall–Kier alpha value is -1.78. The number of hydrogen-bond donors (Lipinski definition) is 1. The molecule has 2 nitrogen and oxygen atoms in total. The van der Waals surface area contributed by atoms with Crippen molar-refractivity contribution in [3.63, 3.8) is 0 Å². The fourth-order valence-corrected chi connectivity index (χ4v) is 2.01. The topological polar surface area (TPSA) is 37.3 Å². The van der Waals surface area contributed by atoms with E-state index in [1.165, 1.54) is 0 Å². The third kappa shape index (κ3) is 22.2. The number of hydrogen-bond acceptors (Lipinski definition) is 1. The fraction of sp³-hybridized carbons (Fsp3) is 0.550. The Morgan fingerprint density at radius 3 is 1.60 bits per heavy atom. The molecule has 1 N–H and O–H groups in total. The van der Waals surface area contributed by atoms with Crippen LogP contribution in [0.3, 0.4) is 0 Å². The van der Waals surface area contributed by atoms with Crippen LogP contribution in [-0.4, -0.2) is 17.3 Å². The predicted octanol–water partition coefficient (Wildman–Crippen LogP) is 6.76. The second-order valence-electron chi connectivity index (χ2n) is 5.74. The largest absolute Gasteiger partial charge is 0.481 e. The standard InChI is InChI=1S/C20H29F3O2/c21-20(22,23)18-16-14-12-10-8-6-4-2-1-3-5-7-9-11-13-15-17-19(24)25/h2-5,8-11H,1,6-7,12-18H2,(H,24,25)/b4-2+,5-3+,10-8+,11-9+. The average Bonchev–Trinajstić information content (AvgIpc) is 2.52. The van der Waals surface area contributed by atoms with Crippen molar-refractivity contribution in [2.75, 3.05) is 0 Å². The van der Waals surface area contributed by atoms with Crippen LogP contribution in [0.5, 0.6) is 0 Å². The molecule has 0 aromatic carbocycles. The maximum Gasteiger partial charge on any atom is 0.389 e. The number of carboxylic acid groups (broad SMARTS) is 1. The Kier molecular flexibility index (Phi) is 14.6. The summed E-state index contributed by atoms with van der Waals surface area (Å²) in [6.45, 7) is 0. The first-order chi connectivity index (χ1) is 11.9. The minimum absolute atomic E-state index is 0.197. The SMILES string of the molecule is O=C(O)CCC/C=C/C/C=C/C/C=C/C/C=C/CCCCC(F)(F)F. The van der Waals surface area contributed by atoms with Crippen molar-refractivity contribution in [3.8, 4) is 0 Å². The Balaban J connectivity index is 3.46. The van der Waals surface area contributed by atoms with Gasteiger partial charge in [0.15, 0.2) is 0 Å². The van der Waals surface area contributed by atoms with E-state index in [-0.39, 0.29) is 12.8 Å². The minimum Gasteiger partial charge on any atom is -0.481 e. The van der Waals surface area contributed by atoms with Crippen LogP contribution in [-0.2, 0) is 4.79 Å². The minimum atomic E-state index is -4.03. The number of allylic oxidation sites excluding steroid dienone is 8. The molecular weight excluding hydrogens is 329 g/mol. The van der Waals surface area contributed by atoms with Gasteiger partial charge in [-0.1, -0.05) is 48.6 Å². The molecule has 0 atom stereocenters. The van der Waals surface area contributed by atoms with Gasteiger partial charge in [-0.15, -0.1) is 0 Å². The molecule has 0 aliphatic heterocycles. The van der Waals surface area contributed by atoms with Gasteiger partial charge in [-0.2, -0.15) is 13.2 Å². The molecule has 0 bridgehead atoms. The first-order valence-corrected chi connectivity index (χ1v) is 8.80. The predicted molar refractivity (Wildman–Crippen MR) is 96.4 cm³/mol. The first-order valence-electron chi connectivity index (χ1n) is 8.80. The van der Waals surface area contributed by atoms with E-state index >= 15 is 0 Å². The van der Waals surface area contributed by atoms with Crippen LogP contribution in [0.4, 0.5) is 13.2 Å². The van der Waals surface area contributed by atoms with Crippen LogP contribution in [0.1, 0.15) is 64.2 Å². The molecule has 0 amide bonds. The van der Waals surface area contributed by atoms with E-state index in [1.807, 2.05) is 30.4 Å². The normalized spacial score (nSPS) is 13.1. The lowest BCUT2D eigenvalue weighted by Gasteiger charge is -2.03. The molecule has 0 saturated heterocycles. The van der Waals surface area contributed by atoms with Gasteiger partial charge < -0.3 is 5.11 Å². The van der Waals surface area contributed by atoms with E-state index in [0.29, 0.717) is 19.3 Å². The first kappa shape index (κ1) is 23.2. The van der Waals surface area contributed by atoms with Crippen LogP contribution in [0, 0.1) is 0 Å². The third-order valence-corrected chi connectivity index (χ3v) is 3.33. The Morgan fingerprint density at radius 1 is 0.720 bits per heavy atom. The summed E-state index contributed by atoms with van der Waals surface area (Å²) in [5.74, 6) is -0.753. The molecule has 0 fully saturated rings. The van der Waals surface area contributed by atoms with Crippen LogP contribution in [0.25, 0.3) is 0 Å². The number of halogens is 3. The number of unbranched alkanes of at least 4 members (excludes halogenated alkanes) is 3. The zero-order valence-electron chi connectivity index (χ0n) is 14.7. The van der Waals surface area contributed by atoms with Crippen molar-refractivity contribution < 1.29 is 23.1 Å². The summed E-state index contributed by atoms with van der Waals surface area (Å²) < 4.78 is 35.8. The maximum absolute atomic E-state index is 11.9. The van der Waals surface area contributed by atoms with Gasteiger partial charge in [0.2, 0.25) is 0 Å². The third-order valence-electron chi connectivity index (χ3n) is 3.33. The lowest BCUT2D eigenvalue weighted by molar-refractivity contribution is -0.137. The molecule has 0 saturated carbocycles. The summed E-state index contributed by atoms with van der Waals surface area (Å²) in [4.78, 5) is 10.3. The highest BCUT2D eigenvalue weighted by atomic mass is 19.4. The van der Waals surface area contributed by atoms with Crippen molar-refractivity contribution in [2.45, 2.75) is 70.4 Å². The van der Waals surface area contributed by atoms with Crippen molar-refractivity contribution >= 4 is 5.97 Å². The Morgan fingerprint density at radius 2 is 1.16 bits per heavy atom. The van der Waals surface area contributed by atoms with E-state index < -0.39 is 18.6 Å². The van der Waals surface area contributed by atoms with Crippen LogP contribution in [0.15, 0.2) is 48.6 Å². The van der Waals surface area contributed by atoms with E-state index in [4.69, 9.17) is 5.11 Å². The van der Waals surface area contributed by atoms with E-state index in [2.05, 4.69) is 18.2 Å². The highest BCUT2D eigenvalue weighted by Crippen LogP contribution is 2.22. The lowest BCUT2D eigenvalue weighted by Crippen LogP contribution is -2.05. The van der Waals surface area contributed by atoms with Crippen LogP contribution >= 0.6 is 0 Å². The zero-order valence-corrected chi connectivity index (χ0v) is 14.7. The van der Waals surface area contributed by atoms with Crippen molar-refractivity contribution in [2.24, 2.45) is 0 Å². The summed E-state index contributed by atoms with van der Waals surface area (Å²) in [5.41, 5.74) is 0. The summed E-state index contributed by atoms with van der Waals surface area (Å²) in [5, 5.41) is 8.48.